The van der Waals surface area contributed by atoms with Crippen molar-refractivity contribution in [2.75, 3.05) is 29.9 Å². The van der Waals surface area contributed by atoms with Gasteiger partial charge < -0.3 is 15.0 Å². The van der Waals surface area contributed by atoms with Gasteiger partial charge >= 0.3 is 0 Å². The van der Waals surface area contributed by atoms with Crippen LogP contribution in [0.15, 0.2) is 35.3 Å². The van der Waals surface area contributed by atoms with Crippen molar-refractivity contribution in [1.29, 1.82) is 0 Å². The fourth-order valence-corrected chi connectivity index (χ4v) is 3.34. The van der Waals surface area contributed by atoms with Gasteiger partial charge in [0.25, 0.3) is 11.5 Å². The van der Waals surface area contributed by atoms with E-state index in [2.05, 4.69) is 20.4 Å². The number of H-pyrrole nitrogens is 1. The van der Waals surface area contributed by atoms with Gasteiger partial charge in [-0.25, -0.2) is 4.68 Å². The van der Waals surface area contributed by atoms with Crippen LogP contribution in [0.25, 0.3) is 11.0 Å². The average Bonchev–Trinajstić information content (AvgIpc) is 3.11. The number of hydrogen-bond acceptors (Lipinski definition) is 6. The number of ether oxygens (including phenoxy) is 1. The van der Waals surface area contributed by atoms with Crippen LogP contribution in [0.1, 0.15) is 27.2 Å². The first kappa shape index (κ1) is 19.0. The van der Waals surface area contributed by atoms with Crippen molar-refractivity contribution >= 4 is 28.6 Å². The fraction of sp³-hybridized carbons (Fsp3) is 0.400. The Labute approximate surface area is 167 Å². The van der Waals surface area contributed by atoms with E-state index in [4.69, 9.17) is 4.74 Å². The van der Waals surface area contributed by atoms with Crippen LogP contribution in [0.3, 0.4) is 0 Å². The minimum Gasteiger partial charge on any atom is -0.482 e. The van der Waals surface area contributed by atoms with Crippen LogP contribution in [-0.2, 0) is 10.3 Å². The lowest BCUT2D eigenvalue weighted by Crippen LogP contribution is -2.39. The lowest BCUT2D eigenvalue weighted by Gasteiger charge is -2.29. The number of fused-ring (bicyclic) bond motifs is 2. The number of nitrogens with one attached hydrogen (secondary N) is 2. The third-order valence-electron chi connectivity index (χ3n) is 4.73. The maximum atomic E-state index is 12.3. The van der Waals surface area contributed by atoms with Crippen LogP contribution in [0.5, 0.6) is 5.75 Å². The normalized spacial score (nSPS) is 14.0. The summed E-state index contributed by atoms with van der Waals surface area (Å²) in [6.45, 7) is 7.15. The van der Waals surface area contributed by atoms with Crippen LogP contribution in [0.2, 0.25) is 0 Å². The lowest BCUT2D eigenvalue weighted by molar-refractivity contribution is -0.121. The molecule has 0 radical (unpaired) electrons. The maximum absolute atomic E-state index is 12.3. The number of rotatable bonds is 5. The van der Waals surface area contributed by atoms with E-state index in [1.165, 1.54) is 6.20 Å². The molecule has 2 N–H and O–H groups in total. The second-order valence-electron chi connectivity index (χ2n) is 7.96. The number of anilines is 2. The highest BCUT2D eigenvalue weighted by atomic mass is 16.5. The molecule has 29 heavy (non-hydrogen) atoms. The van der Waals surface area contributed by atoms with Gasteiger partial charge in [0.15, 0.2) is 12.3 Å². The maximum Gasteiger partial charge on any atom is 0.265 e. The Bertz CT molecular complexity index is 1110. The molecule has 0 bridgehead atoms. The molecule has 9 heteroatoms. The molecule has 0 atom stereocenters. The summed E-state index contributed by atoms with van der Waals surface area (Å²) in [6, 6.07) is 7.50. The molecule has 1 aliphatic heterocycles. The molecule has 0 spiro atoms. The summed E-state index contributed by atoms with van der Waals surface area (Å²) in [7, 11) is 0. The molecule has 9 nitrogen and oxygen atoms in total. The number of aromatic nitrogens is 4. The first-order valence-corrected chi connectivity index (χ1v) is 9.59. The molecule has 3 aromatic rings. The number of benzene rings is 1. The van der Waals surface area contributed by atoms with Crippen molar-refractivity contribution in [3.8, 4) is 5.75 Å². The average molecular weight is 396 g/mol. The van der Waals surface area contributed by atoms with Gasteiger partial charge in [0.05, 0.1) is 17.4 Å². The molecule has 1 aliphatic rings. The molecule has 0 fully saturated rings. The molecule has 0 unspecified atom stereocenters. The first-order chi connectivity index (χ1) is 13.8. The number of carbonyl (C=O) groups excluding carboxylic acids is 1. The van der Waals surface area contributed by atoms with Gasteiger partial charge in [0, 0.05) is 13.1 Å². The Hall–Kier alpha value is -3.36. The number of aromatic amines is 1. The van der Waals surface area contributed by atoms with E-state index in [1.807, 2.05) is 45.0 Å². The first-order valence-electron chi connectivity index (χ1n) is 9.59. The number of amides is 1. The molecule has 2 aromatic heterocycles. The van der Waals surface area contributed by atoms with Crippen molar-refractivity contribution in [2.45, 2.75) is 32.7 Å². The van der Waals surface area contributed by atoms with Crippen molar-refractivity contribution in [3.05, 3.63) is 40.8 Å². The van der Waals surface area contributed by atoms with E-state index in [1.54, 1.807) is 9.58 Å². The van der Waals surface area contributed by atoms with E-state index < -0.39 is 0 Å². The Kier molecular flexibility index (Phi) is 4.73. The van der Waals surface area contributed by atoms with E-state index >= 15 is 0 Å². The van der Waals surface area contributed by atoms with Gasteiger partial charge in [0.1, 0.15) is 11.1 Å². The van der Waals surface area contributed by atoms with Crippen molar-refractivity contribution in [1.82, 2.24) is 19.7 Å². The molecule has 3 heterocycles. The van der Waals surface area contributed by atoms with E-state index in [0.29, 0.717) is 42.2 Å². The Morgan fingerprint density at radius 3 is 2.83 bits per heavy atom. The highest BCUT2D eigenvalue weighted by Crippen LogP contribution is 2.31. The summed E-state index contributed by atoms with van der Waals surface area (Å²) in [5, 5.41) is 7.91. The number of para-hydroxylation sites is 2. The Morgan fingerprint density at radius 1 is 1.24 bits per heavy atom. The number of nitrogens with zero attached hydrogens (tertiary/aromatic N) is 4. The molecular weight excluding hydrogens is 372 g/mol. The summed E-state index contributed by atoms with van der Waals surface area (Å²) in [6.07, 6.45) is 2.22. The van der Waals surface area contributed by atoms with Crippen molar-refractivity contribution in [2.24, 2.45) is 0 Å². The fourth-order valence-electron chi connectivity index (χ4n) is 3.34. The van der Waals surface area contributed by atoms with Gasteiger partial charge in [-0.1, -0.05) is 12.1 Å². The SMILES string of the molecule is CC(C)(C)n1ncc2c(=O)[nH]c(NCCCN3C(=O)COc4ccccc43)nc21. The topological polar surface area (TPSA) is 105 Å². The minimum absolute atomic E-state index is 0.0484. The lowest BCUT2D eigenvalue weighted by atomic mass is 10.1. The van der Waals surface area contributed by atoms with Crippen LogP contribution < -0.4 is 20.5 Å². The van der Waals surface area contributed by atoms with Gasteiger partial charge in [-0.2, -0.15) is 10.1 Å². The monoisotopic (exact) mass is 396 g/mol. The number of carbonyl (C=O) groups is 1. The third kappa shape index (κ3) is 3.67. The van der Waals surface area contributed by atoms with Gasteiger partial charge in [-0.15, -0.1) is 0 Å². The number of hydrogen-bond donors (Lipinski definition) is 2. The smallest absolute Gasteiger partial charge is 0.265 e. The zero-order chi connectivity index (χ0) is 20.6. The quantitative estimate of drug-likeness (QED) is 0.640. The predicted octanol–water partition coefficient (Wildman–Crippen LogP) is 2.10. The largest absolute Gasteiger partial charge is 0.482 e. The summed E-state index contributed by atoms with van der Waals surface area (Å²) in [5.74, 6) is 1.04. The second-order valence-corrected chi connectivity index (χ2v) is 7.96. The van der Waals surface area contributed by atoms with E-state index in [-0.39, 0.29) is 23.6 Å². The minimum atomic E-state index is -0.288. The molecule has 0 saturated carbocycles. The van der Waals surface area contributed by atoms with Crippen LogP contribution in [0.4, 0.5) is 11.6 Å². The summed E-state index contributed by atoms with van der Waals surface area (Å²) in [4.78, 5) is 33.6. The molecule has 0 aliphatic carbocycles. The van der Waals surface area contributed by atoms with Gasteiger partial charge in [-0.3, -0.25) is 14.6 Å². The van der Waals surface area contributed by atoms with E-state index in [0.717, 1.165) is 5.69 Å². The summed E-state index contributed by atoms with van der Waals surface area (Å²) >= 11 is 0. The molecular formula is C20H24N6O3. The van der Waals surface area contributed by atoms with Gasteiger partial charge in [-0.05, 0) is 39.3 Å². The van der Waals surface area contributed by atoms with Crippen molar-refractivity contribution < 1.29 is 9.53 Å². The molecule has 152 valence electrons. The molecule has 1 amide bonds. The summed E-state index contributed by atoms with van der Waals surface area (Å²) < 4.78 is 7.20. The second kappa shape index (κ2) is 7.23. The highest BCUT2D eigenvalue weighted by Gasteiger charge is 2.24. The molecule has 1 aromatic carbocycles. The molecule has 0 saturated heterocycles. The van der Waals surface area contributed by atoms with Gasteiger partial charge in [0.2, 0.25) is 5.95 Å². The van der Waals surface area contributed by atoms with Crippen LogP contribution in [0, 0.1) is 0 Å². The van der Waals surface area contributed by atoms with Crippen LogP contribution >= 0.6 is 0 Å². The predicted molar refractivity (Wildman–Crippen MR) is 111 cm³/mol. The van der Waals surface area contributed by atoms with Crippen LogP contribution in [-0.4, -0.2) is 45.4 Å². The highest BCUT2D eigenvalue weighted by molar-refractivity contribution is 5.97. The zero-order valence-corrected chi connectivity index (χ0v) is 16.7. The van der Waals surface area contributed by atoms with Crippen molar-refractivity contribution in [3.63, 3.8) is 0 Å². The zero-order valence-electron chi connectivity index (χ0n) is 16.7. The standard InChI is InChI=1S/C20H24N6O3/c1-20(2,3)26-17-13(11-22-26)18(28)24-19(23-17)21-9-6-10-25-14-7-4-5-8-15(14)29-12-16(25)27/h4-5,7-8,11H,6,9-10,12H2,1-3H3,(H2,21,23,24,28). The summed E-state index contributed by atoms with van der Waals surface area (Å²) in [5.41, 5.74) is 0.807. The Balaban J connectivity index is 1.45. The Morgan fingerprint density at radius 2 is 2.03 bits per heavy atom. The van der Waals surface area contributed by atoms with E-state index in [9.17, 15) is 9.59 Å². The molecule has 4 rings (SSSR count). The third-order valence-corrected chi connectivity index (χ3v) is 4.73.